The van der Waals surface area contributed by atoms with Gasteiger partial charge >= 0.3 is 0 Å². The van der Waals surface area contributed by atoms with E-state index in [9.17, 15) is 4.79 Å². The van der Waals surface area contributed by atoms with Crippen molar-refractivity contribution < 1.29 is 4.79 Å². The van der Waals surface area contributed by atoms with E-state index in [1.54, 1.807) is 0 Å². The minimum atomic E-state index is -0.285. The summed E-state index contributed by atoms with van der Waals surface area (Å²) >= 11 is 0. The van der Waals surface area contributed by atoms with Crippen molar-refractivity contribution in [1.82, 2.24) is 0 Å². The van der Waals surface area contributed by atoms with Crippen LogP contribution >= 0.6 is 0 Å². The lowest BCUT2D eigenvalue weighted by molar-refractivity contribution is 0.0858. The van der Waals surface area contributed by atoms with Crippen LogP contribution in [-0.2, 0) is 0 Å². The van der Waals surface area contributed by atoms with Gasteiger partial charge in [-0.1, -0.05) is 64.3 Å². The molecule has 1 nitrogen and oxygen atoms in total. The maximum absolute atomic E-state index is 12.2. The second kappa shape index (κ2) is 5.26. The van der Waals surface area contributed by atoms with Gasteiger partial charge in [-0.15, -0.1) is 0 Å². The van der Waals surface area contributed by atoms with Crippen molar-refractivity contribution in [3.8, 4) is 0 Å². The van der Waals surface area contributed by atoms with Crippen molar-refractivity contribution in [3.05, 3.63) is 35.4 Å². The van der Waals surface area contributed by atoms with Gasteiger partial charge in [0.1, 0.15) is 0 Å². The Bertz CT molecular complexity index is 402. The van der Waals surface area contributed by atoms with Crippen molar-refractivity contribution in [2.45, 2.75) is 58.8 Å². The molecule has 1 aliphatic carbocycles. The molecular formula is C17H24O. The fourth-order valence-corrected chi connectivity index (χ4v) is 2.78. The number of carbonyl (C=O) groups is 1. The Labute approximate surface area is 111 Å². The SMILES string of the molecule is CC(C)(C)C(=O)c1ccc(C2CCCCC2)cc1. The van der Waals surface area contributed by atoms with E-state index >= 15 is 0 Å². The molecule has 0 aliphatic heterocycles. The zero-order valence-electron chi connectivity index (χ0n) is 11.8. The van der Waals surface area contributed by atoms with E-state index in [2.05, 4.69) is 12.1 Å². The van der Waals surface area contributed by atoms with E-state index in [1.807, 2.05) is 32.9 Å². The Kier molecular flexibility index (Phi) is 3.89. The monoisotopic (exact) mass is 244 g/mol. The molecule has 98 valence electrons. The number of carbonyl (C=O) groups excluding carboxylic acids is 1. The van der Waals surface area contributed by atoms with Crippen molar-refractivity contribution >= 4 is 5.78 Å². The molecule has 0 heterocycles. The molecule has 1 fully saturated rings. The largest absolute Gasteiger partial charge is 0.294 e. The van der Waals surface area contributed by atoms with E-state index in [-0.39, 0.29) is 11.2 Å². The second-order valence-corrected chi connectivity index (χ2v) is 6.54. The summed E-state index contributed by atoms with van der Waals surface area (Å²) in [5.41, 5.74) is 1.98. The van der Waals surface area contributed by atoms with Gasteiger partial charge in [0, 0.05) is 11.0 Å². The molecule has 0 atom stereocenters. The van der Waals surface area contributed by atoms with Gasteiger partial charge in [0.15, 0.2) is 5.78 Å². The predicted octanol–water partition coefficient (Wildman–Crippen LogP) is 4.96. The highest BCUT2D eigenvalue weighted by molar-refractivity contribution is 5.99. The Morgan fingerprint density at radius 1 is 1.00 bits per heavy atom. The van der Waals surface area contributed by atoms with Crippen LogP contribution in [0.15, 0.2) is 24.3 Å². The number of ketones is 1. The van der Waals surface area contributed by atoms with Crippen molar-refractivity contribution in [3.63, 3.8) is 0 Å². The van der Waals surface area contributed by atoms with Crippen molar-refractivity contribution in [2.24, 2.45) is 5.41 Å². The van der Waals surface area contributed by atoms with Crippen LogP contribution < -0.4 is 0 Å². The topological polar surface area (TPSA) is 17.1 Å². The standard InChI is InChI=1S/C17H24O/c1-17(2,3)16(18)15-11-9-14(10-12-15)13-7-5-4-6-8-13/h9-13H,4-8H2,1-3H3. The van der Waals surface area contributed by atoms with Crippen LogP contribution in [0.4, 0.5) is 0 Å². The van der Waals surface area contributed by atoms with E-state index < -0.39 is 0 Å². The van der Waals surface area contributed by atoms with Gasteiger partial charge in [-0.25, -0.2) is 0 Å². The summed E-state index contributed by atoms with van der Waals surface area (Å²) < 4.78 is 0. The van der Waals surface area contributed by atoms with Crippen LogP contribution in [0, 0.1) is 5.41 Å². The molecule has 0 bridgehead atoms. The Balaban J connectivity index is 2.12. The summed E-state index contributed by atoms with van der Waals surface area (Å²) in [6.07, 6.45) is 6.72. The summed E-state index contributed by atoms with van der Waals surface area (Å²) in [6, 6.07) is 8.35. The van der Waals surface area contributed by atoms with Gasteiger partial charge in [-0.2, -0.15) is 0 Å². The highest BCUT2D eigenvalue weighted by atomic mass is 16.1. The first-order valence-corrected chi connectivity index (χ1v) is 7.13. The first-order valence-electron chi connectivity index (χ1n) is 7.13. The smallest absolute Gasteiger partial charge is 0.168 e. The first-order chi connectivity index (χ1) is 8.48. The Morgan fingerprint density at radius 2 is 1.56 bits per heavy atom. The van der Waals surface area contributed by atoms with Crippen LogP contribution in [0.3, 0.4) is 0 Å². The fourth-order valence-electron chi connectivity index (χ4n) is 2.78. The van der Waals surface area contributed by atoms with Gasteiger partial charge < -0.3 is 0 Å². The van der Waals surface area contributed by atoms with Gasteiger partial charge in [-0.3, -0.25) is 4.79 Å². The third kappa shape index (κ3) is 3.01. The highest BCUT2D eigenvalue weighted by Gasteiger charge is 2.23. The molecule has 1 heteroatoms. The third-order valence-corrected chi connectivity index (χ3v) is 3.93. The van der Waals surface area contributed by atoms with Gasteiger partial charge in [0.2, 0.25) is 0 Å². The average molecular weight is 244 g/mol. The minimum Gasteiger partial charge on any atom is -0.294 e. The summed E-state index contributed by atoms with van der Waals surface area (Å²) in [7, 11) is 0. The maximum Gasteiger partial charge on any atom is 0.168 e. The lowest BCUT2D eigenvalue weighted by atomic mass is 9.82. The van der Waals surface area contributed by atoms with E-state index in [4.69, 9.17) is 0 Å². The van der Waals surface area contributed by atoms with Crippen molar-refractivity contribution in [2.75, 3.05) is 0 Å². The lowest BCUT2D eigenvalue weighted by Gasteiger charge is -2.22. The quantitative estimate of drug-likeness (QED) is 0.672. The molecule has 0 aromatic heterocycles. The summed E-state index contributed by atoms with van der Waals surface area (Å²) in [5.74, 6) is 0.954. The molecule has 2 rings (SSSR count). The number of rotatable bonds is 2. The Morgan fingerprint density at radius 3 is 2.06 bits per heavy atom. The molecule has 1 saturated carbocycles. The molecule has 0 N–H and O–H groups in total. The molecule has 0 saturated heterocycles. The maximum atomic E-state index is 12.2. The van der Waals surface area contributed by atoms with Crippen LogP contribution in [0.5, 0.6) is 0 Å². The number of hydrogen-bond acceptors (Lipinski definition) is 1. The first kappa shape index (κ1) is 13.3. The molecule has 0 spiro atoms. The van der Waals surface area contributed by atoms with E-state index in [1.165, 1.54) is 37.7 Å². The molecule has 1 aromatic rings. The zero-order chi connectivity index (χ0) is 13.2. The van der Waals surface area contributed by atoms with Crippen LogP contribution in [0.1, 0.15) is 74.7 Å². The number of hydrogen-bond donors (Lipinski definition) is 0. The zero-order valence-corrected chi connectivity index (χ0v) is 11.8. The normalized spacial score (nSPS) is 17.7. The minimum absolute atomic E-state index is 0.234. The second-order valence-electron chi connectivity index (χ2n) is 6.54. The molecule has 0 unspecified atom stereocenters. The molecule has 0 amide bonds. The molecular weight excluding hydrogens is 220 g/mol. The van der Waals surface area contributed by atoms with Crippen LogP contribution in [0.25, 0.3) is 0 Å². The van der Waals surface area contributed by atoms with Gasteiger partial charge in [-0.05, 0) is 24.3 Å². The fraction of sp³-hybridized carbons (Fsp3) is 0.588. The molecule has 18 heavy (non-hydrogen) atoms. The predicted molar refractivity (Wildman–Crippen MR) is 76.1 cm³/mol. The molecule has 1 aliphatic rings. The summed E-state index contributed by atoms with van der Waals surface area (Å²) in [6.45, 7) is 5.93. The van der Waals surface area contributed by atoms with Gasteiger partial charge in [0.25, 0.3) is 0 Å². The van der Waals surface area contributed by atoms with E-state index in [0.29, 0.717) is 0 Å². The summed E-state index contributed by atoms with van der Waals surface area (Å²) in [5, 5.41) is 0. The van der Waals surface area contributed by atoms with Crippen LogP contribution in [0.2, 0.25) is 0 Å². The van der Waals surface area contributed by atoms with Crippen molar-refractivity contribution in [1.29, 1.82) is 0 Å². The van der Waals surface area contributed by atoms with Crippen LogP contribution in [-0.4, -0.2) is 5.78 Å². The number of benzene rings is 1. The number of Topliss-reactive ketones (excluding diaryl/α,β-unsaturated/α-hetero) is 1. The molecule has 1 aromatic carbocycles. The van der Waals surface area contributed by atoms with Gasteiger partial charge in [0.05, 0.1) is 0 Å². The lowest BCUT2D eigenvalue weighted by Crippen LogP contribution is -2.20. The molecule has 0 radical (unpaired) electrons. The Hall–Kier alpha value is -1.11. The third-order valence-electron chi connectivity index (χ3n) is 3.93. The average Bonchev–Trinajstić information content (AvgIpc) is 2.38. The van der Waals surface area contributed by atoms with E-state index in [0.717, 1.165) is 11.5 Å². The summed E-state index contributed by atoms with van der Waals surface area (Å²) in [4.78, 5) is 12.2. The highest BCUT2D eigenvalue weighted by Crippen LogP contribution is 2.33.